The van der Waals surface area contributed by atoms with Crippen LogP contribution in [0.15, 0.2) is 36.4 Å². The second-order valence-electron chi connectivity index (χ2n) is 8.75. The van der Waals surface area contributed by atoms with Crippen LogP contribution in [0.4, 0.5) is 0 Å². The Hall–Kier alpha value is -1.88. The van der Waals surface area contributed by atoms with Crippen LogP contribution in [0.25, 0.3) is 11.1 Å². The van der Waals surface area contributed by atoms with Gasteiger partial charge in [0.15, 0.2) is 0 Å². The molecule has 2 aromatic carbocycles. The van der Waals surface area contributed by atoms with Crippen LogP contribution in [0.1, 0.15) is 48.2 Å². The zero-order chi connectivity index (χ0) is 20.1. The molecule has 0 aromatic heterocycles. The van der Waals surface area contributed by atoms with Crippen molar-refractivity contribution in [3.05, 3.63) is 58.1 Å². The highest BCUT2D eigenvalue weighted by Crippen LogP contribution is 2.36. The molecule has 2 aliphatic heterocycles. The molecule has 0 N–H and O–H groups in total. The zero-order valence-corrected chi connectivity index (χ0v) is 18.0. The second kappa shape index (κ2) is 7.42. The number of hydrogen-bond donors (Lipinski definition) is 0. The van der Waals surface area contributed by atoms with Gasteiger partial charge in [-0.3, -0.25) is 14.6 Å². The molecular formula is C24H28ClN3O. The molecule has 0 radical (unpaired) electrons. The van der Waals surface area contributed by atoms with Gasteiger partial charge in [0.25, 0.3) is 5.91 Å². The highest BCUT2D eigenvalue weighted by atomic mass is 35.5. The quantitative estimate of drug-likeness (QED) is 0.721. The highest BCUT2D eigenvalue weighted by Gasteiger charge is 2.38. The Morgan fingerprint density at radius 3 is 2.55 bits per heavy atom. The van der Waals surface area contributed by atoms with E-state index >= 15 is 0 Å². The Morgan fingerprint density at radius 1 is 1.10 bits per heavy atom. The first kappa shape index (κ1) is 19.1. The highest BCUT2D eigenvalue weighted by molar-refractivity contribution is 6.31. The number of fused-ring (bicyclic) bond motifs is 1. The average molecular weight is 410 g/mol. The summed E-state index contributed by atoms with van der Waals surface area (Å²) in [6.07, 6.45) is 2.30. The van der Waals surface area contributed by atoms with Gasteiger partial charge in [0.2, 0.25) is 0 Å². The molecule has 2 heterocycles. The minimum atomic E-state index is 0.197. The minimum absolute atomic E-state index is 0.197. The number of halogens is 1. The monoisotopic (exact) mass is 409 g/mol. The normalized spacial score (nSPS) is 22.5. The van der Waals surface area contributed by atoms with Crippen LogP contribution < -0.4 is 0 Å². The third-order valence-electron chi connectivity index (χ3n) is 6.66. The van der Waals surface area contributed by atoms with Crippen LogP contribution in [0, 0.1) is 0 Å². The van der Waals surface area contributed by atoms with Gasteiger partial charge < -0.3 is 4.90 Å². The average Bonchev–Trinajstić information content (AvgIpc) is 3.43. The number of amides is 1. The predicted molar refractivity (Wildman–Crippen MR) is 117 cm³/mol. The van der Waals surface area contributed by atoms with Crippen molar-refractivity contribution in [3.8, 4) is 11.1 Å². The molecule has 29 heavy (non-hydrogen) atoms. The molecule has 0 spiro atoms. The first-order valence-corrected chi connectivity index (χ1v) is 11.1. The van der Waals surface area contributed by atoms with Crippen molar-refractivity contribution in [2.24, 2.45) is 0 Å². The number of carbonyl (C=O) groups excluding carboxylic acids is 1. The van der Waals surface area contributed by atoms with Gasteiger partial charge in [-0.15, -0.1) is 0 Å². The number of rotatable bonds is 5. The van der Waals surface area contributed by atoms with Crippen LogP contribution in [0.2, 0.25) is 5.02 Å². The third kappa shape index (κ3) is 3.58. The lowest BCUT2D eigenvalue weighted by molar-refractivity contribution is 0.0766. The molecule has 0 bridgehead atoms. The van der Waals surface area contributed by atoms with Crippen molar-refractivity contribution in [3.63, 3.8) is 0 Å². The SMILES string of the molecule is CCN1CC(C)N(Cc2ccc(-c3ccc4c(c3)CN(C3CC3)C4=O)cc2Cl)C1. The summed E-state index contributed by atoms with van der Waals surface area (Å²) in [5.74, 6) is 0.197. The van der Waals surface area contributed by atoms with E-state index in [0.717, 1.165) is 73.0 Å². The molecule has 2 fully saturated rings. The van der Waals surface area contributed by atoms with E-state index < -0.39 is 0 Å². The maximum Gasteiger partial charge on any atom is 0.254 e. The van der Waals surface area contributed by atoms with E-state index in [4.69, 9.17) is 11.6 Å². The van der Waals surface area contributed by atoms with Crippen molar-refractivity contribution in [2.75, 3.05) is 19.8 Å². The third-order valence-corrected chi connectivity index (χ3v) is 7.01. The van der Waals surface area contributed by atoms with Crippen LogP contribution in [-0.2, 0) is 13.1 Å². The molecule has 2 aromatic rings. The van der Waals surface area contributed by atoms with E-state index in [1.165, 1.54) is 5.56 Å². The molecule has 1 amide bonds. The molecule has 1 unspecified atom stereocenters. The van der Waals surface area contributed by atoms with Crippen molar-refractivity contribution in [1.29, 1.82) is 0 Å². The Morgan fingerprint density at radius 2 is 1.86 bits per heavy atom. The molecule has 5 heteroatoms. The van der Waals surface area contributed by atoms with Gasteiger partial charge in [-0.2, -0.15) is 0 Å². The summed E-state index contributed by atoms with van der Waals surface area (Å²) in [6.45, 7) is 9.35. The minimum Gasteiger partial charge on any atom is -0.331 e. The predicted octanol–water partition coefficient (Wildman–Crippen LogP) is 4.61. The van der Waals surface area contributed by atoms with Gasteiger partial charge in [-0.25, -0.2) is 0 Å². The molecule has 4 nitrogen and oxygen atoms in total. The summed E-state index contributed by atoms with van der Waals surface area (Å²) in [6, 6.07) is 13.6. The molecular weight excluding hydrogens is 382 g/mol. The van der Waals surface area contributed by atoms with Crippen LogP contribution >= 0.6 is 11.6 Å². The summed E-state index contributed by atoms with van der Waals surface area (Å²) < 4.78 is 0. The fraction of sp³-hybridized carbons (Fsp3) is 0.458. The van der Waals surface area contributed by atoms with Crippen LogP contribution in [-0.4, -0.2) is 52.4 Å². The summed E-state index contributed by atoms with van der Waals surface area (Å²) in [7, 11) is 0. The number of likely N-dealkylation sites (N-methyl/N-ethyl adjacent to an activating group) is 1. The summed E-state index contributed by atoms with van der Waals surface area (Å²) in [4.78, 5) is 19.5. The number of nitrogens with zero attached hydrogens (tertiary/aromatic N) is 3. The second-order valence-corrected chi connectivity index (χ2v) is 9.16. The Bertz CT molecular complexity index is 955. The standard InChI is InChI=1S/C24H28ClN3O/c1-3-26-12-16(2)27(15-26)13-19-5-4-18(11-23(19)25)17-6-9-22-20(10-17)14-28(24(22)29)21-7-8-21/h4-6,9-11,16,21H,3,7-8,12-15H2,1-2H3. The van der Waals surface area contributed by atoms with Crippen molar-refractivity contribution in [1.82, 2.24) is 14.7 Å². The van der Waals surface area contributed by atoms with Crippen LogP contribution in [0.3, 0.4) is 0 Å². The maximum atomic E-state index is 12.6. The zero-order valence-electron chi connectivity index (χ0n) is 17.2. The smallest absolute Gasteiger partial charge is 0.254 e. The lowest BCUT2D eigenvalue weighted by Gasteiger charge is -2.21. The van der Waals surface area contributed by atoms with Crippen molar-refractivity contribution < 1.29 is 4.79 Å². The first-order chi connectivity index (χ1) is 14.0. The maximum absolute atomic E-state index is 12.6. The van der Waals surface area contributed by atoms with E-state index in [1.54, 1.807) is 0 Å². The topological polar surface area (TPSA) is 26.8 Å². The Kier molecular flexibility index (Phi) is 4.89. The summed E-state index contributed by atoms with van der Waals surface area (Å²) in [5, 5.41) is 0.820. The lowest BCUT2D eigenvalue weighted by Crippen LogP contribution is -2.28. The Balaban J connectivity index is 1.35. The van der Waals surface area contributed by atoms with E-state index in [-0.39, 0.29) is 5.91 Å². The van der Waals surface area contributed by atoms with Crippen molar-refractivity contribution >= 4 is 17.5 Å². The Labute approximate surface area is 178 Å². The van der Waals surface area contributed by atoms with E-state index in [0.29, 0.717) is 12.1 Å². The van der Waals surface area contributed by atoms with E-state index in [1.807, 2.05) is 11.0 Å². The van der Waals surface area contributed by atoms with Gasteiger partial charge >= 0.3 is 0 Å². The van der Waals surface area contributed by atoms with E-state index in [2.05, 4.69) is 54.0 Å². The molecule has 3 aliphatic rings. The number of hydrogen-bond acceptors (Lipinski definition) is 3. The van der Waals surface area contributed by atoms with Gasteiger partial charge in [-0.05, 0) is 66.8 Å². The lowest BCUT2D eigenvalue weighted by atomic mass is 9.99. The van der Waals surface area contributed by atoms with E-state index in [9.17, 15) is 4.79 Å². The molecule has 5 rings (SSSR count). The fourth-order valence-corrected chi connectivity index (χ4v) is 4.90. The van der Waals surface area contributed by atoms with Gasteiger partial charge in [0.1, 0.15) is 0 Å². The largest absolute Gasteiger partial charge is 0.331 e. The molecule has 1 saturated carbocycles. The van der Waals surface area contributed by atoms with Gasteiger partial charge in [0, 0.05) is 42.3 Å². The molecule has 1 aliphatic carbocycles. The summed E-state index contributed by atoms with van der Waals surface area (Å²) in [5.41, 5.74) is 5.44. The molecule has 1 saturated heterocycles. The van der Waals surface area contributed by atoms with Gasteiger partial charge in [-0.1, -0.05) is 36.7 Å². The summed E-state index contributed by atoms with van der Waals surface area (Å²) >= 11 is 6.69. The fourth-order valence-electron chi connectivity index (χ4n) is 4.66. The molecule has 152 valence electrons. The first-order valence-electron chi connectivity index (χ1n) is 10.7. The number of benzene rings is 2. The van der Waals surface area contributed by atoms with Crippen molar-refractivity contribution in [2.45, 2.75) is 51.9 Å². The number of carbonyl (C=O) groups is 1. The van der Waals surface area contributed by atoms with Crippen LogP contribution in [0.5, 0.6) is 0 Å². The van der Waals surface area contributed by atoms with Gasteiger partial charge in [0.05, 0.1) is 6.67 Å². The molecule has 1 atom stereocenters.